The minimum atomic E-state index is -0.0982. The van der Waals surface area contributed by atoms with E-state index in [0.29, 0.717) is 76.6 Å². The van der Waals surface area contributed by atoms with Crippen LogP contribution in [0.1, 0.15) is 61.3 Å². The Morgan fingerprint density at radius 3 is 2.53 bits per heavy atom. The molecule has 2 aliphatic heterocycles. The topological polar surface area (TPSA) is 96.8 Å². The normalized spacial score (nSPS) is 16.9. The van der Waals surface area contributed by atoms with Crippen LogP contribution in [0.2, 0.25) is 0 Å². The fourth-order valence-electron chi connectivity index (χ4n) is 4.52. The van der Waals surface area contributed by atoms with Crippen molar-refractivity contribution >= 4 is 17.7 Å². The molecule has 0 aliphatic carbocycles. The number of fused-ring (bicyclic) bond motifs is 1. The third kappa shape index (κ3) is 5.68. The SMILES string of the molecule is COCCCNC(=O)C1CCN(C(=O)c2nn(C)c3c2CN(C(=O)CC(C)C)CC3)CC1. The summed E-state index contributed by atoms with van der Waals surface area (Å²) in [6, 6.07) is 0. The first kappa shape index (κ1) is 24.2. The number of nitrogens with one attached hydrogen (secondary N) is 1. The van der Waals surface area contributed by atoms with Crippen LogP contribution < -0.4 is 5.32 Å². The molecule has 9 nitrogen and oxygen atoms in total. The van der Waals surface area contributed by atoms with Gasteiger partial charge in [0.1, 0.15) is 0 Å². The van der Waals surface area contributed by atoms with E-state index in [0.717, 1.165) is 17.7 Å². The van der Waals surface area contributed by atoms with Crippen molar-refractivity contribution in [2.75, 3.05) is 39.9 Å². The fraction of sp³-hybridized carbons (Fsp3) is 0.739. The fourth-order valence-corrected chi connectivity index (χ4v) is 4.52. The van der Waals surface area contributed by atoms with E-state index in [1.54, 1.807) is 16.7 Å². The van der Waals surface area contributed by atoms with E-state index in [9.17, 15) is 14.4 Å². The van der Waals surface area contributed by atoms with Crippen LogP contribution in [0.25, 0.3) is 0 Å². The average molecular weight is 448 g/mol. The molecule has 0 aromatic carbocycles. The van der Waals surface area contributed by atoms with Crippen LogP contribution in [0.3, 0.4) is 0 Å². The molecule has 32 heavy (non-hydrogen) atoms. The van der Waals surface area contributed by atoms with Crippen LogP contribution in [0, 0.1) is 11.8 Å². The molecule has 0 unspecified atom stereocenters. The lowest BCUT2D eigenvalue weighted by Crippen LogP contribution is -2.44. The Hall–Kier alpha value is -2.42. The number of aryl methyl sites for hydroxylation is 1. The van der Waals surface area contributed by atoms with Crippen molar-refractivity contribution in [2.24, 2.45) is 18.9 Å². The van der Waals surface area contributed by atoms with Crippen molar-refractivity contribution in [3.8, 4) is 0 Å². The number of hydrogen-bond acceptors (Lipinski definition) is 5. The van der Waals surface area contributed by atoms with Gasteiger partial charge in [-0.2, -0.15) is 5.10 Å². The Morgan fingerprint density at radius 2 is 1.88 bits per heavy atom. The van der Waals surface area contributed by atoms with Gasteiger partial charge in [-0.05, 0) is 25.2 Å². The minimum Gasteiger partial charge on any atom is -0.385 e. The molecule has 1 aromatic rings. The van der Waals surface area contributed by atoms with Crippen LogP contribution in [0.15, 0.2) is 0 Å². The van der Waals surface area contributed by atoms with Gasteiger partial charge in [0.15, 0.2) is 5.69 Å². The van der Waals surface area contributed by atoms with Gasteiger partial charge in [0.05, 0.1) is 0 Å². The molecule has 0 radical (unpaired) electrons. The molecule has 0 bridgehead atoms. The molecule has 0 atom stereocenters. The summed E-state index contributed by atoms with van der Waals surface area (Å²) < 4.78 is 6.79. The second-order valence-corrected chi connectivity index (χ2v) is 9.26. The summed E-state index contributed by atoms with van der Waals surface area (Å²) in [5.41, 5.74) is 2.36. The molecule has 3 rings (SSSR count). The summed E-state index contributed by atoms with van der Waals surface area (Å²) in [5.74, 6) is 0.327. The molecule has 0 spiro atoms. The van der Waals surface area contributed by atoms with E-state index >= 15 is 0 Å². The lowest BCUT2D eigenvalue weighted by Gasteiger charge is -2.32. The highest BCUT2D eigenvalue weighted by Crippen LogP contribution is 2.26. The van der Waals surface area contributed by atoms with E-state index in [4.69, 9.17) is 4.74 Å². The maximum Gasteiger partial charge on any atom is 0.274 e. The van der Waals surface area contributed by atoms with Gasteiger partial charge in [-0.25, -0.2) is 0 Å². The highest BCUT2D eigenvalue weighted by molar-refractivity contribution is 5.94. The first-order valence-electron chi connectivity index (χ1n) is 11.7. The quantitative estimate of drug-likeness (QED) is 0.607. The number of carbonyl (C=O) groups excluding carboxylic acids is 3. The van der Waals surface area contributed by atoms with Crippen LogP contribution >= 0.6 is 0 Å². The van der Waals surface area contributed by atoms with Gasteiger partial charge in [-0.3, -0.25) is 19.1 Å². The third-order valence-electron chi connectivity index (χ3n) is 6.36. The summed E-state index contributed by atoms with van der Waals surface area (Å²) in [7, 11) is 3.51. The lowest BCUT2D eigenvalue weighted by atomic mass is 9.95. The summed E-state index contributed by atoms with van der Waals surface area (Å²) in [5, 5.41) is 7.49. The van der Waals surface area contributed by atoms with E-state index in [1.165, 1.54) is 0 Å². The van der Waals surface area contributed by atoms with Crippen LogP contribution in [-0.2, 0) is 34.3 Å². The largest absolute Gasteiger partial charge is 0.385 e. The van der Waals surface area contributed by atoms with Gasteiger partial charge < -0.3 is 19.9 Å². The lowest BCUT2D eigenvalue weighted by molar-refractivity contribution is -0.133. The first-order chi connectivity index (χ1) is 15.3. The Kier molecular flexibility index (Phi) is 8.28. The zero-order valence-corrected chi connectivity index (χ0v) is 19.9. The van der Waals surface area contributed by atoms with Crippen LogP contribution in [-0.4, -0.2) is 77.2 Å². The number of carbonyl (C=O) groups is 3. The number of amides is 3. The molecule has 1 saturated heterocycles. The molecule has 3 heterocycles. The van der Waals surface area contributed by atoms with E-state index in [-0.39, 0.29) is 23.6 Å². The number of methoxy groups -OCH3 is 1. The molecule has 2 aliphatic rings. The van der Waals surface area contributed by atoms with Crippen LogP contribution in [0.5, 0.6) is 0 Å². The van der Waals surface area contributed by atoms with Gasteiger partial charge in [0.25, 0.3) is 5.91 Å². The monoisotopic (exact) mass is 447 g/mol. The van der Waals surface area contributed by atoms with Crippen molar-refractivity contribution in [2.45, 2.75) is 52.5 Å². The Morgan fingerprint density at radius 1 is 1.16 bits per heavy atom. The number of rotatable bonds is 8. The Bertz CT molecular complexity index is 827. The van der Waals surface area contributed by atoms with Crippen molar-refractivity contribution in [1.82, 2.24) is 24.9 Å². The molecule has 1 N–H and O–H groups in total. The smallest absolute Gasteiger partial charge is 0.274 e. The average Bonchev–Trinajstić information content (AvgIpc) is 3.11. The van der Waals surface area contributed by atoms with Gasteiger partial charge in [0.2, 0.25) is 11.8 Å². The second kappa shape index (κ2) is 10.9. The van der Waals surface area contributed by atoms with Crippen molar-refractivity contribution in [3.05, 3.63) is 17.0 Å². The van der Waals surface area contributed by atoms with E-state index < -0.39 is 0 Å². The number of ether oxygens (including phenoxy) is 1. The summed E-state index contributed by atoms with van der Waals surface area (Å²) in [6.07, 6.45) is 3.31. The predicted molar refractivity (Wildman–Crippen MR) is 120 cm³/mol. The number of hydrogen-bond donors (Lipinski definition) is 1. The molecular weight excluding hydrogens is 410 g/mol. The maximum absolute atomic E-state index is 13.3. The van der Waals surface area contributed by atoms with Crippen molar-refractivity contribution in [3.63, 3.8) is 0 Å². The minimum absolute atomic E-state index is 0.0581. The molecule has 9 heteroatoms. The number of aromatic nitrogens is 2. The summed E-state index contributed by atoms with van der Waals surface area (Å²) in [6.45, 7) is 7.49. The van der Waals surface area contributed by atoms with Gasteiger partial charge in [-0.15, -0.1) is 0 Å². The molecule has 1 aromatic heterocycles. The first-order valence-corrected chi connectivity index (χ1v) is 11.7. The zero-order valence-electron chi connectivity index (χ0n) is 19.9. The summed E-state index contributed by atoms with van der Waals surface area (Å²) in [4.78, 5) is 41.9. The highest BCUT2D eigenvalue weighted by atomic mass is 16.5. The van der Waals surface area contributed by atoms with Gasteiger partial charge in [0, 0.05) is 83.5 Å². The van der Waals surface area contributed by atoms with Crippen LogP contribution in [0.4, 0.5) is 0 Å². The second-order valence-electron chi connectivity index (χ2n) is 9.26. The van der Waals surface area contributed by atoms with E-state index in [1.807, 2.05) is 25.8 Å². The van der Waals surface area contributed by atoms with Gasteiger partial charge >= 0.3 is 0 Å². The molecule has 0 saturated carbocycles. The zero-order chi connectivity index (χ0) is 23.3. The maximum atomic E-state index is 13.3. The molecule has 3 amide bonds. The van der Waals surface area contributed by atoms with Gasteiger partial charge in [-0.1, -0.05) is 13.8 Å². The highest BCUT2D eigenvalue weighted by Gasteiger charge is 2.33. The van der Waals surface area contributed by atoms with Crippen molar-refractivity contribution < 1.29 is 19.1 Å². The third-order valence-corrected chi connectivity index (χ3v) is 6.36. The molecular formula is C23H37N5O4. The Balaban J connectivity index is 1.60. The van der Waals surface area contributed by atoms with Crippen molar-refractivity contribution in [1.29, 1.82) is 0 Å². The molecule has 1 fully saturated rings. The standard InChI is InChI=1S/C23H37N5O4/c1-16(2)14-20(29)28-12-8-19-18(15-28)21(25-26(19)3)23(31)27-10-6-17(7-11-27)22(30)24-9-5-13-32-4/h16-17H,5-15H2,1-4H3,(H,24,30). The van der Waals surface area contributed by atoms with E-state index in [2.05, 4.69) is 10.4 Å². The Labute approximate surface area is 190 Å². The number of piperidine rings is 1. The predicted octanol–water partition coefficient (Wildman–Crippen LogP) is 1.36. The number of nitrogens with zero attached hydrogens (tertiary/aromatic N) is 4. The summed E-state index contributed by atoms with van der Waals surface area (Å²) >= 11 is 0. The number of likely N-dealkylation sites (tertiary alicyclic amines) is 1. The molecule has 178 valence electrons.